The van der Waals surface area contributed by atoms with Gasteiger partial charge in [0.05, 0.1) is 13.2 Å². The molecule has 0 bridgehead atoms. The molecule has 1 N–H and O–H groups in total. The van der Waals surface area contributed by atoms with Gasteiger partial charge in [0.15, 0.2) is 5.92 Å². The quantitative estimate of drug-likeness (QED) is 0.848. The van der Waals surface area contributed by atoms with Crippen LogP contribution in [-0.2, 0) is 0 Å². The Kier molecular flexibility index (Phi) is 5.14. The van der Waals surface area contributed by atoms with Gasteiger partial charge < -0.3 is 10.1 Å². The Bertz CT molecular complexity index is 469. The summed E-state index contributed by atoms with van der Waals surface area (Å²) < 4.78 is 81.7. The first-order valence-corrected chi connectivity index (χ1v) is 5.97. The van der Waals surface area contributed by atoms with Crippen molar-refractivity contribution in [1.29, 1.82) is 0 Å². The van der Waals surface area contributed by atoms with E-state index in [-0.39, 0.29) is 5.56 Å². The van der Waals surface area contributed by atoms with Gasteiger partial charge in [0.1, 0.15) is 5.75 Å². The van der Waals surface area contributed by atoms with E-state index in [1.807, 2.05) is 0 Å². The molecule has 1 aromatic rings. The minimum Gasteiger partial charge on any atom is -0.496 e. The number of methoxy groups -OCH3 is 1. The Hall–Kier alpha value is -1.44. The van der Waals surface area contributed by atoms with Crippen LogP contribution in [0.15, 0.2) is 18.2 Å². The van der Waals surface area contributed by atoms with Crippen LogP contribution in [0.3, 0.4) is 0 Å². The van der Waals surface area contributed by atoms with Gasteiger partial charge in [-0.1, -0.05) is 12.1 Å². The van der Waals surface area contributed by atoms with Crippen molar-refractivity contribution in [2.75, 3.05) is 14.2 Å². The highest BCUT2D eigenvalue weighted by Crippen LogP contribution is 2.46. The lowest BCUT2D eigenvalue weighted by Gasteiger charge is -2.31. The van der Waals surface area contributed by atoms with E-state index >= 15 is 0 Å². The number of hydrogen-bond acceptors (Lipinski definition) is 2. The Balaban J connectivity index is 3.30. The van der Waals surface area contributed by atoms with Crippen molar-refractivity contribution in [2.24, 2.45) is 5.92 Å². The summed E-state index contributed by atoms with van der Waals surface area (Å²) in [5.41, 5.74) is 0.355. The third-order valence-electron chi connectivity index (χ3n) is 3.13. The molecule has 0 aliphatic heterocycles. The van der Waals surface area contributed by atoms with Gasteiger partial charge >= 0.3 is 12.4 Å². The molecular formula is C13H15F6NO. The number of aryl methyl sites for hydroxylation is 1. The van der Waals surface area contributed by atoms with Crippen molar-refractivity contribution in [1.82, 2.24) is 5.32 Å². The van der Waals surface area contributed by atoms with E-state index in [0.29, 0.717) is 11.3 Å². The fourth-order valence-corrected chi connectivity index (χ4v) is 2.18. The van der Waals surface area contributed by atoms with Crippen molar-refractivity contribution >= 4 is 0 Å². The second-order valence-corrected chi connectivity index (χ2v) is 4.56. The van der Waals surface area contributed by atoms with Crippen LogP contribution >= 0.6 is 0 Å². The third-order valence-corrected chi connectivity index (χ3v) is 3.13. The number of nitrogens with one attached hydrogen (secondary N) is 1. The lowest BCUT2D eigenvalue weighted by Crippen LogP contribution is -2.45. The van der Waals surface area contributed by atoms with Crippen LogP contribution in [0.4, 0.5) is 26.3 Å². The summed E-state index contributed by atoms with van der Waals surface area (Å²) in [6.45, 7) is 1.55. The summed E-state index contributed by atoms with van der Waals surface area (Å²) in [5.74, 6) is -3.09. The van der Waals surface area contributed by atoms with Crippen molar-refractivity contribution in [3.8, 4) is 5.75 Å². The standard InChI is InChI=1S/C13H15F6NO/c1-7-6-8(4-5-9(7)21-3)10(20-2)11(12(14,15)16)13(17,18)19/h4-6,10-11,20H,1-3H3. The second-order valence-electron chi connectivity index (χ2n) is 4.56. The van der Waals surface area contributed by atoms with Gasteiger partial charge in [-0.25, -0.2) is 0 Å². The molecule has 0 saturated heterocycles. The maximum absolute atomic E-state index is 12.8. The zero-order valence-corrected chi connectivity index (χ0v) is 11.6. The predicted octanol–water partition coefficient (Wildman–Crippen LogP) is 4.00. The molecule has 0 fully saturated rings. The van der Waals surface area contributed by atoms with E-state index in [2.05, 4.69) is 5.32 Å². The Morgan fingerprint density at radius 3 is 1.90 bits per heavy atom. The van der Waals surface area contributed by atoms with E-state index in [9.17, 15) is 26.3 Å². The molecule has 1 atom stereocenters. The van der Waals surface area contributed by atoms with E-state index in [0.717, 1.165) is 7.05 Å². The van der Waals surface area contributed by atoms with Crippen molar-refractivity contribution in [2.45, 2.75) is 25.3 Å². The van der Waals surface area contributed by atoms with Crippen molar-refractivity contribution < 1.29 is 31.1 Å². The first kappa shape index (κ1) is 17.6. The van der Waals surface area contributed by atoms with Crippen LogP contribution in [-0.4, -0.2) is 26.5 Å². The average Bonchev–Trinajstić information content (AvgIpc) is 2.32. The smallest absolute Gasteiger partial charge is 0.402 e. The highest BCUT2D eigenvalue weighted by atomic mass is 19.4. The van der Waals surface area contributed by atoms with Gasteiger partial charge in [0, 0.05) is 0 Å². The molecule has 2 nitrogen and oxygen atoms in total. The Morgan fingerprint density at radius 1 is 1.05 bits per heavy atom. The van der Waals surface area contributed by atoms with Crippen LogP contribution in [0.2, 0.25) is 0 Å². The first-order valence-electron chi connectivity index (χ1n) is 5.97. The molecule has 8 heteroatoms. The zero-order valence-electron chi connectivity index (χ0n) is 11.6. The highest BCUT2D eigenvalue weighted by Gasteiger charge is 2.60. The van der Waals surface area contributed by atoms with E-state index in [1.165, 1.54) is 25.3 Å². The molecule has 0 amide bonds. The van der Waals surface area contributed by atoms with E-state index < -0.39 is 24.3 Å². The first-order chi connectivity index (χ1) is 9.52. The second kappa shape index (κ2) is 6.13. The van der Waals surface area contributed by atoms with Gasteiger partial charge in [-0.2, -0.15) is 26.3 Å². The summed E-state index contributed by atoms with van der Waals surface area (Å²) >= 11 is 0. The molecule has 0 aromatic heterocycles. The number of alkyl halides is 6. The van der Waals surface area contributed by atoms with Crippen LogP contribution in [0, 0.1) is 12.8 Å². The lowest BCUT2D eigenvalue weighted by molar-refractivity contribution is -0.292. The number of hydrogen-bond donors (Lipinski definition) is 1. The van der Waals surface area contributed by atoms with Crippen LogP contribution in [0.1, 0.15) is 17.2 Å². The fourth-order valence-electron chi connectivity index (χ4n) is 2.18. The maximum atomic E-state index is 12.8. The number of halogens is 6. The molecule has 1 aromatic carbocycles. The SMILES string of the molecule is CNC(c1ccc(OC)c(C)c1)C(C(F)(F)F)C(F)(F)F. The Morgan fingerprint density at radius 2 is 1.57 bits per heavy atom. The van der Waals surface area contributed by atoms with E-state index in [4.69, 9.17) is 4.74 Å². The summed E-state index contributed by atoms with van der Waals surface area (Å²) in [6.07, 6.45) is -10.8. The van der Waals surface area contributed by atoms with Gasteiger partial charge in [0.2, 0.25) is 0 Å². The van der Waals surface area contributed by atoms with Crippen molar-refractivity contribution in [3.05, 3.63) is 29.3 Å². The average molecular weight is 315 g/mol. The van der Waals surface area contributed by atoms with Gasteiger partial charge in [-0.05, 0) is 31.2 Å². The van der Waals surface area contributed by atoms with Gasteiger partial charge in [-0.15, -0.1) is 0 Å². The van der Waals surface area contributed by atoms with Crippen LogP contribution in [0.5, 0.6) is 5.75 Å². The monoisotopic (exact) mass is 315 g/mol. The molecule has 120 valence electrons. The fraction of sp³-hybridized carbons (Fsp3) is 0.538. The van der Waals surface area contributed by atoms with Crippen LogP contribution in [0.25, 0.3) is 0 Å². The summed E-state index contributed by atoms with van der Waals surface area (Å²) in [5, 5.41) is 2.12. The third kappa shape index (κ3) is 4.03. The largest absolute Gasteiger partial charge is 0.496 e. The molecule has 0 saturated carbocycles. The van der Waals surface area contributed by atoms with E-state index in [1.54, 1.807) is 6.92 Å². The molecule has 0 aliphatic rings. The van der Waals surface area contributed by atoms with Crippen LogP contribution < -0.4 is 10.1 Å². The zero-order chi connectivity index (χ0) is 16.4. The highest BCUT2D eigenvalue weighted by molar-refractivity contribution is 5.37. The molecule has 0 aliphatic carbocycles. The van der Waals surface area contributed by atoms with Gasteiger partial charge in [-0.3, -0.25) is 0 Å². The van der Waals surface area contributed by atoms with Gasteiger partial charge in [0.25, 0.3) is 0 Å². The molecular weight excluding hydrogens is 300 g/mol. The topological polar surface area (TPSA) is 21.3 Å². The molecule has 0 spiro atoms. The maximum Gasteiger partial charge on any atom is 0.402 e. The minimum absolute atomic E-state index is 0.101. The number of benzene rings is 1. The summed E-state index contributed by atoms with van der Waals surface area (Å²) in [6, 6.07) is 1.87. The molecule has 21 heavy (non-hydrogen) atoms. The molecule has 1 unspecified atom stereocenters. The molecule has 0 radical (unpaired) electrons. The van der Waals surface area contributed by atoms with Crippen molar-refractivity contribution in [3.63, 3.8) is 0 Å². The number of ether oxygens (including phenoxy) is 1. The number of rotatable bonds is 4. The summed E-state index contributed by atoms with van der Waals surface area (Å²) in [4.78, 5) is 0. The predicted molar refractivity (Wildman–Crippen MR) is 65.1 cm³/mol. The molecule has 0 heterocycles. The summed E-state index contributed by atoms with van der Waals surface area (Å²) in [7, 11) is 2.43. The minimum atomic E-state index is -5.40. The lowest BCUT2D eigenvalue weighted by atomic mass is 9.91. The normalized spacial score (nSPS) is 14.4. The molecule has 1 rings (SSSR count). The Labute approximate surface area is 118 Å².